The van der Waals surface area contributed by atoms with Crippen LogP contribution in [0.4, 0.5) is 13.2 Å². The van der Waals surface area contributed by atoms with Gasteiger partial charge in [0.2, 0.25) is 0 Å². The maximum Gasteiger partial charge on any atom is 0.573 e. The summed E-state index contributed by atoms with van der Waals surface area (Å²) in [5, 5.41) is 1.06. The van der Waals surface area contributed by atoms with Crippen LogP contribution in [-0.2, 0) is 24.4 Å². The number of halogens is 3. The Kier molecular flexibility index (Phi) is 10.6. The molecule has 2 aliphatic rings. The van der Waals surface area contributed by atoms with Crippen LogP contribution in [-0.4, -0.2) is 58.2 Å². The molecule has 6 rings (SSSR count). The average molecular weight is 661 g/mol. The minimum Gasteiger partial charge on any atom is -0.406 e. The van der Waals surface area contributed by atoms with E-state index in [1.54, 1.807) is 12.1 Å². The summed E-state index contributed by atoms with van der Waals surface area (Å²) in [6, 6.07) is 21.3. The number of Topliss-reactive ketones (excluding diaryl/α,β-unsaturated/α-hetero) is 1. The normalized spacial score (nSPS) is 17.5. The molecule has 2 N–H and O–H groups in total. The van der Waals surface area contributed by atoms with Crippen LogP contribution < -0.4 is 10.5 Å². The summed E-state index contributed by atoms with van der Waals surface area (Å²) < 4.78 is 44.8. The number of aromatic nitrogens is 1. The molecular formula is C39H47F3N4O2. The van der Waals surface area contributed by atoms with Crippen LogP contribution in [0, 0.1) is 6.92 Å². The highest BCUT2D eigenvalue weighted by atomic mass is 19.4. The summed E-state index contributed by atoms with van der Waals surface area (Å²) in [7, 11) is 0. The number of hydrogen-bond acceptors (Lipinski definition) is 5. The smallest absolute Gasteiger partial charge is 0.406 e. The fourth-order valence-corrected chi connectivity index (χ4v) is 7.36. The van der Waals surface area contributed by atoms with E-state index in [0.29, 0.717) is 6.42 Å². The van der Waals surface area contributed by atoms with Crippen molar-refractivity contribution in [1.82, 2.24) is 14.4 Å². The number of unbranched alkanes of at least 4 members (excludes halogenated alkanes) is 1. The highest BCUT2D eigenvalue weighted by Gasteiger charge is 2.34. The third-order valence-electron chi connectivity index (χ3n) is 10.2. The first-order chi connectivity index (χ1) is 23.1. The van der Waals surface area contributed by atoms with Gasteiger partial charge in [0.25, 0.3) is 0 Å². The van der Waals surface area contributed by atoms with Crippen LogP contribution in [0.15, 0.2) is 72.9 Å². The van der Waals surface area contributed by atoms with Crippen LogP contribution in [0.1, 0.15) is 68.1 Å². The third-order valence-corrected chi connectivity index (χ3v) is 10.2. The number of aryl methyl sites for hydroxylation is 2. The Morgan fingerprint density at radius 1 is 0.875 bits per heavy atom. The molecule has 0 unspecified atom stereocenters. The first-order valence-electron chi connectivity index (χ1n) is 17.4. The van der Waals surface area contributed by atoms with E-state index < -0.39 is 11.9 Å². The van der Waals surface area contributed by atoms with E-state index >= 15 is 0 Å². The number of benzene rings is 3. The quantitative estimate of drug-likeness (QED) is 0.155. The van der Waals surface area contributed by atoms with Crippen molar-refractivity contribution in [2.75, 3.05) is 26.2 Å². The number of carbonyl (C=O) groups excluding carboxylic acids is 1. The van der Waals surface area contributed by atoms with E-state index in [9.17, 15) is 18.0 Å². The van der Waals surface area contributed by atoms with Crippen LogP contribution in [0.3, 0.4) is 0 Å². The zero-order chi connectivity index (χ0) is 33.7. The van der Waals surface area contributed by atoms with Gasteiger partial charge < -0.3 is 15.0 Å². The fraction of sp³-hybridized carbons (Fsp3) is 0.462. The van der Waals surface area contributed by atoms with Gasteiger partial charge in [-0.2, -0.15) is 0 Å². The highest BCUT2D eigenvalue weighted by Crippen LogP contribution is 2.34. The molecule has 6 nitrogen and oxygen atoms in total. The second-order valence-corrected chi connectivity index (χ2v) is 13.7. The number of hydrogen-bond donors (Lipinski definition) is 1. The Labute approximate surface area is 281 Å². The summed E-state index contributed by atoms with van der Waals surface area (Å²) in [4.78, 5) is 17.9. The summed E-state index contributed by atoms with van der Waals surface area (Å²) in [5.41, 5.74) is 12.6. The molecule has 1 aliphatic carbocycles. The maximum atomic E-state index is 12.9. The second-order valence-electron chi connectivity index (χ2n) is 13.7. The van der Waals surface area contributed by atoms with Gasteiger partial charge in [-0.05, 0) is 79.1 Å². The zero-order valence-corrected chi connectivity index (χ0v) is 27.9. The van der Waals surface area contributed by atoms with Crippen molar-refractivity contribution in [2.24, 2.45) is 5.73 Å². The van der Waals surface area contributed by atoms with Crippen molar-refractivity contribution < 1.29 is 22.7 Å². The minimum absolute atomic E-state index is 0.182. The molecule has 1 aliphatic heterocycles. The van der Waals surface area contributed by atoms with E-state index in [1.165, 1.54) is 28.8 Å². The number of fused-ring (bicyclic) bond motifs is 1. The van der Waals surface area contributed by atoms with E-state index in [2.05, 4.69) is 74.7 Å². The molecule has 1 saturated carbocycles. The molecule has 2 fully saturated rings. The SMILES string of the molecule is Cc1ccccc1CN1CCN(Cc2ccc3c(c2)c(-c2ccc(OC(F)(F)F)cc2)cn3CCCCC(=O)C2(N)CCCCC2)CC1. The second kappa shape index (κ2) is 14.8. The third kappa shape index (κ3) is 8.49. The molecule has 1 saturated heterocycles. The standard InChI is InChI=1S/C39H47F3N4O2/c1-29-9-3-4-10-32(29)27-45-23-21-44(22-24-45)26-30-12-17-36-34(25-30)35(31-13-15-33(16-14-31)48-39(40,41)42)28-46(36)20-8-5-11-37(47)38(43)18-6-2-7-19-38/h3-4,9-10,12-17,25,28H,2,5-8,11,18-24,26-27,43H2,1H3. The minimum atomic E-state index is -4.74. The Balaban J connectivity index is 1.15. The Bertz CT molecular complexity index is 1680. The topological polar surface area (TPSA) is 63.7 Å². The molecule has 4 aromatic rings. The predicted molar refractivity (Wildman–Crippen MR) is 185 cm³/mol. The van der Waals surface area contributed by atoms with E-state index in [-0.39, 0.29) is 11.5 Å². The highest BCUT2D eigenvalue weighted by molar-refractivity contribution is 5.96. The fourth-order valence-electron chi connectivity index (χ4n) is 7.36. The van der Waals surface area contributed by atoms with Crippen molar-refractivity contribution >= 4 is 16.7 Å². The van der Waals surface area contributed by atoms with Crippen molar-refractivity contribution in [3.8, 4) is 16.9 Å². The van der Waals surface area contributed by atoms with Gasteiger partial charge in [0.05, 0.1) is 5.54 Å². The molecule has 0 radical (unpaired) electrons. The molecule has 0 spiro atoms. The van der Waals surface area contributed by atoms with E-state index in [1.807, 2.05) is 0 Å². The number of alkyl halides is 3. The first kappa shape index (κ1) is 34.2. The number of nitrogens with two attached hydrogens (primary N) is 1. The summed E-state index contributed by atoms with van der Waals surface area (Å²) in [6.45, 7) is 8.71. The van der Waals surface area contributed by atoms with Crippen molar-refractivity contribution in [3.05, 3.63) is 89.6 Å². The molecule has 0 atom stereocenters. The monoisotopic (exact) mass is 660 g/mol. The van der Waals surface area contributed by atoms with E-state index in [0.717, 1.165) is 113 Å². The molecule has 3 aromatic carbocycles. The average Bonchev–Trinajstić information content (AvgIpc) is 3.42. The first-order valence-corrected chi connectivity index (χ1v) is 17.4. The van der Waals surface area contributed by atoms with Crippen molar-refractivity contribution in [3.63, 3.8) is 0 Å². The van der Waals surface area contributed by atoms with Gasteiger partial charge in [-0.15, -0.1) is 13.2 Å². The van der Waals surface area contributed by atoms with Crippen molar-refractivity contribution in [2.45, 2.75) is 89.8 Å². The van der Waals surface area contributed by atoms with Crippen LogP contribution in [0.2, 0.25) is 0 Å². The Morgan fingerprint density at radius 2 is 1.56 bits per heavy atom. The number of ether oxygens (including phenoxy) is 1. The molecule has 2 heterocycles. The lowest BCUT2D eigenvalue weighted by Gasteiger charge is -2.35. The largest absolute Gasteiger partial charge is 0.573 e. The molecule has 0 amide bonds. The Hall–Kier alpha value is -3.66. The molecule has 0 bridgehead atoms. The van der Waals surface area contributed by atoms with Gasteiger partial charge in [-0.1, -0.05) is 61.7 Å². The van der Waals surface area contributed by atoms with Gasteiger partial charge in [-0.25, -0.2) is 0 Å². The molecule has 1 aromatic heterocycles. The predicted octanol–water partition coefficient (Wildman–Crippen LogP) is 8.23. The van der Waals surface area contributed by atoms with E-state index in [4.69, 9.17) is 5.73 Å². The van der Waals surface area contributed by atoms with Crippen LogP contribution in [0.25, 0.3) is 22.0 Å². The van der Waals surface area contributed by atoms with Gasteiger partial charge >= 0.3 is 6.36 Å². The molecular weight excluding hydrogens is 613 g/mol. The number of ketones is 1. The van der Waals surface area contributed by atoms with Crippen molar-refractivity contribution in [1.29, 1.82) is 0 Å². The van der Waals surface area contributed by atoms with Gasteiger partial charge in [0.1, 0.15) is 5.75 Å². The van der Waals surface area contributed by atoms with Crippen LogP contribution >= 0.6 is 0 Å². The maximum absolute atomic E-state index is 12.9. The Morgan fingerprint density at radius 3 is 2.25 bits per heavy atom. The number of carbonyl (C=O) groups is 1. The summed E-state index contributed by atoms with van der Waals surface area (Å²) >= 11 is 0. The lowest BCUT2D eigenvalue weighted by Crippen LogP contribution is -2.49. The summed E-state index contributed by atoms with van der Waals surface area (Å²) in [6.07, 6.45) is 4.22. The van der Waals surface area contributed by atoms with Gasteiger partial charge in [-0.3, -0.25) is 14.6 Å². The zero-order valence-electron chi connectivity index (χ0n) is 27.9. The molecule has 9 heteroatoms. The molecule has 48 heavy (non-hydrogen) atoms. The number of rotatable bonds is 12. The van der Waals surface area contributed by atoms with Gasteiger partial charge in [0, 0.05) is 74.9 Å². The van der Waals surface area contributed by atoms with Gasteiger partial charge in [0.15, 0.2) is 5.78 Å². The summed E-state index contributed by atoms with van der Waals surface area (Å²) in [5.74, 6) is -0.0559. The lowest BCUT2D eigenvalue weighted by molar-refractivity contribution is -0.274. The lowest BCUT2D eigenvalue weighted by atomic mass is 9.78. The molecule has 256 valence electrons. The van der Waals surface area contributed by atoms with Crippen LogP contribution in [0.5, 0.6) is 5.75 Å². The number of piperazine rings is 1. The number of nitrogens with zero attached hydrogens (tertiary/aromatic N) is 3.